The lowest BCUT2D eigenvalue weighted by Crippen LogP contribution is -1.89. The SMILES string of the molecule is Cc1nc(C)c(Cc2ccc(N)cc2)s1. The summed E-state index contributed by atoms with van der Waals surface area (Å²) in [6.07, 6.45) is 0.956. The Morgan fingerprint density at radius 3 is 2.40 bits per heavy atom. The van der Waals surface area contributed by atoms with Gasteiger partial charge in [0.2, 0.25) is 0 Å². The van der Waals surface area contributed by atoms with Gasteiger partial charge in [0.05, 0.1) is 10.7 Å². The number of anilines is 1. The maximum atomic E-state index is 5.64. The zero-order chi connectivity index (χ0) is 10.8. The highest BCUT2D eigenvalue weighted by molar-refractivity contribution is 7.11. The molecule has 3 heteroatoms. The molecule has 0 aliphatic carbocycles. The molecule has 1 aromatic heterocycles. The van der Waals surface area contributed by atoms with Crippen molar-refractivity contribution in [2.24, 2.45) is 0 Å². The minimum absolute atomic E-state index is 0.816. The van der Waals surface area contributed by atoms with Crippen molar-refractivity contribution in [3.05, 3.63) is 45.4 Å². The van der Waals surface area contributed by atoms with Crippen LogP contribution >= 0.6 is 11.3 Å². The van der Waals surface area contributed by atoms with E-state index in [0.29, 0.717) is 0 Å². The van der Waals surface area contributed by atoms with Crippen molar-refractivity contribution in [1.29, 1.82) is 0 Å². The van der Waals surface area contributed by atoms with Gasteiger partial charge < -0.3 is 5.73 Å². The minimum atomic E-state index is 0.816. The highest BCUT2D eigenvalue weighted by Crippen LogP contribution is 2.21. The number of hydrogen-bond acceptors (Lipinski definition) is 3. The topological polar surface area (TPSA) is 38.9 Å². The maximum Gasteiger partial charge on any atom is 0.0900 e. The van der Waals surface area contributed by atoms with Crippen molar-refractivity contribution >= 4 is 17.0 Å². The third-order valence-corrected chi connectivity index (χ3v) is 3.42. The van der Waals surface area contributed by atoms with Crippen LogP contribution in [0.4, 0.5) is 5.69 Å². The van der Waals surface area contributed by atoms with Crippen LogP contribution in [0.1, 0.15) is 21.1 Å². The molecule has 2 N–H and O–H groups in total. The van der Waals surface area contributed by atoms with E-state index >= 15 is 0 Å². The van der Waals surface area contributed by atoms with Gasteiger partial charge >= 0.3 is 0 Å². The highest BCUT2D eigenvalue weighted by Gasteiger charge is 2.05. The van der Waals surface area contributed by atoms with Crippen molar-refractivity contribution < 1.29 is 0 Å². The molecule has 0 saturated heterocycles. The van der Waals surface area contributed by atoms with Crippen LogP contribution in [0, 0.1) is 13.8 Å². The molecule has 78 valence electrons. The van der Waals surface area contributed by atoms with E-state index in [2.05, 4.69) is 24.0 Å². The van der Waals surface area contributed by atoms with Crippen molar-refractivity contribution in [2.75, 3.05) is 5.73 Å². The molecule has 0 unspecified atom stereocenters. The number of benzene rings is 1. The Morgan fingerprint density at radius 2 is 1.87 bits per heavy atom. The first-order valence-electron chi connectivity index (χ1n) is 4.92. The normalized spacial score (nSPS) is 10.5. The van der Waals surface area contributed by atoms with Crippen LogP contribution in [0.2, 0.25) is 0 Å². The summed E-state index contributed by atoms with van der Waals surface area (Å²) in [6, 6.07) is 8.03. The van der Waals surface area contributed by atoms with Crippen LogP contribution in [0.5, 0.6) is 0 Å². The van der Waals surface area contributed by atoms with Gasteiger partial charge in [-0.05, 0) is 31.5 Å². The molecule has 0 saturated carbocycles. The molecule has 0 aliphatic rings. The quantitative estimate of drug-likeness (QED) is 0.787. The second-order valence-corrected chi connectivity index (χ2v) is 4.95. The predicted octanol–water partition coefficient (Wildman–Crippen LogP) is 2.93. The largest absolute Gasteiger partial charge is 0.399 e. The van der Waals surface area contributed by atoms with Crippen LogP contribution in [0.3, 0.4) is 0 Å². The average Bonchev–Trinajstić information content (AvgIpc) is 2.49. The van der Waals surface area contributed by atoms with Gasteiger partial charge in [-0.1, -0.05) is 12.1 Å². The van der Waals surface area contributed by atoms with Crippen molar-refractivity contribution in [2.45, 2.75) is 20.3 Å². The Labute approximate surface area is 93.8 Å². The van der Waals surface area contributed by atoms with E-state index in [1.807, 2.05) is 19.1 Å². The summed E-state index contributed by atoms with van der Waals surface area (Å²) >= 11 is 1.77. The fraction of sp³-hybridized carbons (Fsp3) is 0.250. The Morgan fingerprint density at radius 1 is 1.20 bits per heavy atom. The second kappa shape index (κ2) is 4.03. The second-order valence-electron chi connectivity index (χ2n) is 3.66. The molecule has 2 aromatic rings. The van der Waals surface area contributed by atoms with Crippen LogP contribution < -0.4 is 5.73 Å². The summed E-state index contributed by atoms with van der Waals surface area (Å²) in [7, 11) is 0. The van der Waals surface area contributed by atoms with Crippen molar-refractivity contribution in [3.63, 3.8) is 0 Å². The Hall–Kier alpha value is -1.35. The van der Waals surface area contributed by atoms with Crippen LogP contribution in [0.15, 0.2) is 24.3 Å². The fourth-order valence-electron chi connectivity index (χ4n) is 1.56. The van der Waals surface area contributed by atoms with E-state index in [1.165, 1.54) is 10.4 Å². The maximum absolute atomic E-state index is 5.64. The lowest BCUT2D eigenvalue weighted by Gasteiger charge is -2.00. The van der Waals surface area contributed by atoms with E-state index in [4.69, 9.17) is 5.73 Å². The molecule has 0 fully saturated rings. The molecule has 15 heavy (non-hydrogen) atoms. The first-order valence-corrected chi connectivity index (χ1v) is 5.74. The lowest BCUT2D eigenvalue weighted by atomic mass is 10.1. The Balaban J connectivity index is 2.21. The zero-order valence-corrected chi connectivity index (χ0v) is 9.77. The molecule has 0 aliphatic heterocycles. The molecule has 1 aromatic carbocycles. The smallest absolute Gasteiger partial charge is 0.0900 e. The third-order valence-electron chi connectivity index (χ3n) is 2.34. The van der Waals surface area contributed by atoms with Gasteiger partial charge in [0, 0.05) is 17.0 Å². The van der Waals surface area contributed by atoms with Gasteiger partial charge in [-0.3, -0.25) is 0 Å². The molecule has 2 nitrogen and oxygen atoms in total. The minimum Gasteiger partial charge on any atom is -0.399 e. The Bertz CT molecular complexity index is 457. The summed E-state index contributed by atoms with van der Waals surface area (Å²) in [5.41, 5.74) is 8.90. The van der Waals surface area contributed by atoms with Crippen LogP contribution in [-0.4, -0.2) is 4.98 Å². The van der Waals surface area contributed by atoms with Crippen molar-refractivity contribution in [1.82, 2.24) is 4.98 Å². The fourth-order valence-corrected chi connectivity index (χ4v) is 2.53. The van der Waals surface area contributed by atoms with Gasteiger partial charge in [-0.25, -0.2) is 4.98 Å². The molecule has 1 heterocycles. The lowest BCUT2D eigenvalue weighted by molar-refractivity contribution is 1.13. The number of nitrogen functional groups attached to an aromatic ring is 1. The molecular formula is C12H14N2S. The van der Waals surface area contributed by atoms with Gasteiger partial charge in [0.1, 0.15) is 0 Å². The van der Waals surface area contributed by atoms with E-state index in [1.54, 1.807) is 11.3 Å². The number of hydrogen-bond donors (Lipinski definition) is 1. The van der Waals surface area contributed by atoms with Crippen molar-refractivity contribution in [3.8, 4) is 0 Å². The molecule has 0 bridgehead atoms. The average molecular weight is 218 g/mol. The number of nitrogens with zero attached hydrogens (tertiary/aromatic N) is 1. The molecule has 0 spiro atoms. The van der Waals surface area contributed by atoms with Crippen LogP contribution in [0.25, 0.3) is 0 Å². The van der Waals surface area contributed by atoms with Crippen LogP contribution in [-0.2, 0) is 6.42 Å². The molecule has 2 rings (SSSR count). The summed E-state index contributed by atoms with van der Waals surface area (Å²) < 4.78 is 0. The number of nitrogens with two attached hydrogens (primary N) is 1. The Kier molecular flexibility index (Phi) is 2.73. The molecular weight excluding hydrogens is 204 g/mol. The van der Waals surface area contributed by atoms with E-state index in [-0.39, 0.29) is 0 Å². The molecule has 0 amide bonds. The monoisotopic (exact) mass is 218 g/mol. The third kappa shape index (κ3) is 2.36. The predicted molar refractivity (Wildman–Crippen MR) is 65.2 cm³/mol. The first kappa shape index (κ1) is 10.2. The summed E-state index contributed by atoms with van der Waals surface area (Å²) in [6.45, 7) is 4.11. The van der Waals surface area contributed by atoms with E-state index < -0.39 is 0 Å². The standard InChI is InChI=1S/C12H14N2S/c1-8-12(15-9(2)14-8)7-10-3-5-11(13)6-4-10/h3-6H,7,13H2,1-2H3. The number of rotatable bonds is 2. The zero-order valence-electron chi connectivity index (χ0n) is 8.95. The molecule has 0 radical (unpaired) electrons. The summed E-state index contributed by atoms with van der Waals surface area (Å²) in [5.74, 6) is 0. The summed E-state index contributed by atoms with van der Waals surface area (Å²) in [4.78, 5) is 5.76. The number of thiazole rings is 1. The number of aryl methyl sites for hydroxylation is 2. The van der Waals surface area contributed by atoms with Gasteiger partial charge in [-0.15, -0.1) is 11.3 Å². The molecule has 0 atom stereocenters. The van der Waals surface area contributed by atoms with Gasteiger partial charge in [-0.2, -0.15) is 0 Å². The highest BCUT2D eigenvalue weighted by atomic mass is 32.1. The summed E-state index contributed by atoms with van der Waals surface area (Å²) in [5, 5.41) is 1.14. The van der Waals surface area contributed by atoms with Gasteiger partial charge in [0.25, 0.3) is 0 Å². The first-order chi connectivity index (χ1) is 7.15. The van der Waals surface area contributed by atoms with E-state index in [0.717, 1.165) is 22.8 Å². The van der Waals surface area contributed by atoms with E-state index in [9.17, 15) is 0 Å². The van der Waals surface area contributed by atoms with Gasteiger partial charge in [0.15, 0.2) is 0 Å². The number of aromatic nitrogens is 1.